The molecule has 0 saturated carbocycles. The molecule has 0 aliphatic carbocycles. The molecule has 3 aromatic rings. The van der Waals surface area contributed by atoms with E-state index in [0.29, 0.717) is 6.04 Å². The third-order valence-corrected chi connectivity index (χ3v) is 4.54. The maximum Gasteiger partial charge on any atom is 0.328 e. The van der Waals surface area contributed by atoms with E-state index in [1.54, 1.807) is 12.3 Å². The van der Waals surface area contributed by atoms with E-state index in [2.05, 4.69) is 10.3 Å². The number of carboxylic acid groups (broad SMARTS) is 1. The first-order valence-electron chi connectivity index (χ1n) is 8.89. The Morgan fingerprint density at radius 3 is 2.93 bits per heavy atom. The van der Waals surface area contributed by atoms with E-state index in [9.17, 15) is 4.79 Å². The minimum absolute atomic E-state index is 0.361. The van der Waals surface area contributed by atoms with Crippen molar-refractivity contribution >= 4 is 23.5 Å². The van der Waals surface area contributed by atoms with Crippen LogP contribution in [-0.2, 0) is 9.53 Å². The van der Waals surface area contributed by atoms with E-state index in [-0.39, 0.29) is 0 Å². The van der Waals surface area contributed by atoms with Gasteiger partial charge in [-0.1, -0.05) is 18.2 Å². The summed E-state index contributed by atoms with van der Waals surface area (Å²) in [6.07, 6.45) is 6.41. The van der Waals surface area contributed by atoms with Crippen LogP contribution in [0, 0.1) is 0 Å². The molecule has 0 bridgehead atoms. The SMILES string of the molecule is O=C(O)/C=C/c1cccc(-c2cnc3ccc(NC4CCOCC4)nn23)c1. The molecule has 1 aromatic carbocycles. The van der Waals surface area contributed by atoms with E-state index in [4.69, 9.17) is 14.9 Å². The molecule has 138 valence electrons. The number of imidazole rings is 1. The minimum Gasteiger partial charge on any atom is -0.478 e. The first-order chi connectivity index (χ1) is 13.2. The molecule has 4 rings (SSSR count). The molecule has 0 amide bonds. The van der Waals surface area contributed by atoms with Gasteiger partial charge in [-0.2, -0.15) is 0 Å². The van der Waals surface area contributed by atoms with Gasteiger partial charge in [-0.05, 0) is 42.7 Å². The molecule has 3 heterocycles. The highest BCUT2D eigenvalue weighted by molar-refractivity contribution is 5.85. The topological polar surface area (TPSA) is 88.8 Å². The molecule has 1 aliphatic heterocycles. The smallest absolute Gasteiger partial charge is 0.328 e. The summed E-state index contributed by atoms with van der Waals surface area (Å²) in [5, 5.41) is 17.0. The number of aromatic nitrogens is 3. The van der Waals surface area contributed by atoms with Gasteiger partial charge in [-0.3, -0.25) is 0 Å². The number of hydrogen-bond donors (Lipinski definition) is 2. The van der Waals surface area contributed by atoms with E-state index < -0.39 is 5.97 Å². The Morgan fingerprint density at radius 2 is 2.11 bits per heavy atom. The van der Waals surface area contributed by atoms with Crippen molar-refractivity contribution in [3.8, 4) is 11.3 Å². The molecule has 1 saturated heterocycles. The zero-order chi connectivity index (χ0) is 18.6. The van der Waals surface area contributed by atoms with Crippen molar-refractivity contribution in [1.82, 2.24) is 14.6 Å². The predicted molar refractivity (Wildman–Crippen MR) is 103 cm³/mol. The first kappa shape index (κ1) is 17.2. The van der Waals surface area contributed by atoms with Crippen LogP contribution in [0.5, 0.6) is 0 Å². The van der Waals surface area contributed by atoms with Gasteiger partial charge in [0.2, 0.25) is 0 Å². The third kappa shape index (κ3) is 3.98. The van der Waals surface area contributed by atoms with Gasteiger partial charge in [-0.25, -0.2) is 14.3 Å². The lowest BCUT2D eigenvalue weighted by Crippen LogP contribution is -2.28. The fraction of sp³-hybridized carbons (Fsp3) is 0.250. The summed E-state index contributed by atoms with van der Waals surface area (Å²) in [6.45, 7) is 1.54. The van der Waals surface area contributed by atoms with E-state index in [1.807, 2.05) is 40.9 Å². The normalized spacial score (nSPS) is 15.4. The number of nitrogens with one attached hydrogen (secondary N) is 1. The van der Waals surface area contributed by atoms with E-state index in [1.165, 1.54) is 0 Å². The van der Waals surface area contributed by atoms with Crippen LogP contribution < -0.4 is 5.32 Å². The summed E-state index contributed by atoms with van der Waals surface area (Å²) in [7, 11) is 0. The Balaban J connectivity index is 1.64. The average molecular weight is 364 g/mol. The third-order valence-electron chi connectivity index (χ3n) is 4.54. The second kappa shape index (κ2) is 7.59. The highest BCUT2D eigenvalue weighted by atomic mass is 16.5. The lowest BCUT2D eigenvalue weighted by Gasteiger charge is -2.23. The highest BCUT2D eigenvalue weighted by Crippen LogP contribution is 2.23. The van der Waals surface area contributed by atoms with Gasteiger partial charge in [-0.15, -0.1) is 5.10 Å². The number of carbonyl (C=O) groups is 1. The van der Waals surface area contributed by atoms with Gasteiger partial charge >= 0.3 is 5.97 Å². The van der Waals surface area contributed by atoms with Crippen LogP contribution in [0.25, 0.3) is 23.0 Å². The zero-order valence-electron chi connectivity index (χ0n) is 14.7. The fourth-order valence-electron chi connectivity index (χ4n) is 3.17. The fourth-order valence-corrected chi connectivity index (χ4v) is 3.17. The van der Waals surface area contributed by atoms with Gasteiger partial charge in [0.1, 0.15) is 5.82 Å². The van der Waals surface area contributed by atoms with Crippen LogP contribution in [0.4, 0.5) is 5.82 Å². The molecule has 7 nitrogen and oxygen atoms in total. The molecule has 7 heteroatoms. The molecule has 0 spiro atoms. The van der Waals surface area contributed by atoms with Crippen molar-refractivity contribution in [2.75, 3.05) is 18.5 Å². The zero-order valence-corrected chi connectivity index (χ0v) is 14.7. The Bertz CT molecular complexity index is 990. The number of hydrogen-bond acceptors (Lipinski definition) is 5. The van der Waals surface area contributed by atoms with Crippen molar-refractivity contribution in [3.63, 3.8) is 0 Å². The lowest BCUT2D eigenvalue weighted by atomic mass is 10.1. The second-order valence-corrected chi connectivity index (χ2v) is 6.46. The number of benzene rings is 1. The largest absolute Gasteiger partial charge is 0.478 e. The summed E-state index contributed by atoms with van der Waals surface area (Å²) < 4.78 is 7.21. The molecule has 1 fully saturated rings. The average Bonchev–Trinajstić information content (AvgIpc) is 3.11. The van der Waals surface area contributed by atoms with Gasteiger partial charge in [0.15, 0.2) is 5.65 Å². The number of fused-ring (bicyclic) bond motifs is 1. The van der Waals surface area contributed by atoms with Crippen LogP contribution in [0.1, 0.15) is 18.4 Å². The monoisotopic (exact) mass is 364 g/mol. The van der Waals surface area contributed by atoms with Crippen molar-refractivity contribution in [2.24, 2.45) is 0 Å². The number of nitrogens with zero attached hydrogens (tertiary/aromatic N) is 3. The van der Waals surface area contributed by atoms with Crippen molar-refractivity contribution in [3.05, 3.63) is 54.2 Å². The molecule has 0 radical (unpaired) electrons. The van der Waals surface area contributed by atoms with E-state index >= 15 is 0 Å². The van der Waals surface area contributed by atoms with Gasteiger partial charge in [0, 0.05) is 30.9 Å². The molecular formula is C20H20N4O3. The molecule has 27 heavy (non-hydrogen) atoms. The highest BCUT2D eigenvalue weighted by Gasteiger charge is 2.15. The molecular weight excluding hydrogens is 344 g/mol. The first-order valence-corrected chi connectivity index (χ1v) is 8.89. The standard InChI is InChI=1S/C20H20N4O3/c25-20(26)7-4-14-2-1-3-15(12-14)17-13-21-19-6-5-18(23-24(17)19)22-16-8-10-27-11-9-16/h1-7,12-13,16H,8-11H2,(H,22,23)(H,25,26)/b7-4+. The Hall–Kier alpha value is -3.19. The summed E-state index contributed by atoms with van der Waals surface area (Å²) in [5.74, 6) is -0.170. The minimum atomic E-state index is -0.972. The Kier molecular flexibility index (Phi) is 4.84. The summed E-state index contributed by atoms with van der Waals surface area (Å²) in [5.41, 5.74) is 3.34. The van der Waals surface area contributed by atoms with Crippen LogP contribution in [-0.4, -0.2) is 44.9 Å². The van der Waals surface area contributed by atoms with Gasteiger partial charge in [0.25, 0.3) is 0 Å². The molecule has 0 atom stereocenters. The molecule has 2 aromatic heterocycles. The summed E-state index contributed by atoms with van der Waals surface area (Å²) in [4.78, 5) is 15.2. The van der Waals surface area contributed by atoms with Crippen LogP contribution in [0.3, 0.4) is 0 Å². The number of carboxylic acids is 1. The van der Waals surface area contributed by atoms with Crippen molar-refractivity contribution in [1.29, 1.82) is 0 Å². The van der Waals surface area contributed by atoms with E-state index in [0.717, 1.165) is 60.4 Å². The molecule has 1 aliphatic rings. The summed E-state index contributed by atoms with van der Waals surface area (Å²) >= 11 is 0. The number of aliphatic carboxylic acids is 1. The quantitative estimate of drug-likeness (QED) is 0.677. The van der Waals surface area contributed by atoms with Crippen LogP contribution in [0.2, 0.25) is 0 Å². The Labute approximate surface area is 156 Å². The summed E-state index contributed by atoms with van der Waals surface area (Å²) in [6, 6.07) is 11.9. The van der Waals surface area contributed by atoms with Gasteiger partial charge in [0.05, 0.1) is 11.9 Å². The number of ether oxygens (including phenoxy) is 1. The molecule has 0 unspecified atom stereocenters. The number of anilines is 1. The maximum absolute atomic E-state index is 10.7. The number of rotatable bonds is 5. The van der Waals surface area contributed by atoms with Crippen LogP contribution in [0.15, 0.2) is 48.7 Å². The predicted octanol–water partition coefficient (Wildman–Crippen LogP) is 3.09. The second-order valence-electron chi connectivity index (χ2n) is 6.46. The molecule has 2 N–H and O–H groups in total. The van der Waals surface area contributed by atoms with Crippen LogP contribution >= 0.6 is 0 Å². The van der Waals surface area contributed by atoms with Gasteiger partial charge < -0.3 is 15.2 Å². The Morgan fingerprint density at radius 1 is 1.26 bits per heavy atom. The van der Waals surface area contributed by atoms with Crippen molar-refractivity contribution < 1.29 is 14.6 Å². The van der Waals surface area contributed by atoms with Crippen molar-refractivity contribution in [2.45, 2.75) is 18.9 Å². The lowest BCUT2D eigenvalue weighted by molar-refractivity contribution is -0.131. The maximum atomic E-state index is 10.7.